The highest BCUT2D eigenvalue weighted by atomic mass is 19.1. The van der Waals surface area contributed by atoms with E-state index in [0.29, 0.717) is 0 Å². The van der Waals surface area contributed by atoms with E-state index in [-0.39, 0.29) is 12.1 Å². The molecule has 1 unspecified atom stereocenters. The van der Waals surface area contributed by atoms with Gasteiger partial charge in [-0.2, -0.15) is 0 Å². The number of rotatable bonds is 3. The number of carbonyl (C=O) groups excluding carboxylic acids is 1. The summed E-state index contributed by atoms with van der Waals surface area (Å²) >= 11 is 0. The molecule has 0 saturated heterocycles. The Bertz CT molecular complexity index is 391. The minimum Gasteiger partial charge on any atom is -0.392 e. The molecular formula is C12H16FNO2. The van der Waals surface area contributed by atoms with Gasteiger partial charge in [0.2, 0.25) is 0 Å². The van der Waals surface area contributed by atoms with Crippen molar-refractivity contribution in [3.8, 4) is 0 Å². The topological polar surface area (TPSA) is 40.5 Å². The molecule has 1 aromatic carbocycles. The van der Waals surface area contributed by atoms with Gasteiger partial charge in [0, 0.05) is 13.6 Å². The molecule has 0 saturated carbocycles. The summed E-state index contributed by atoms with van der Waals surface area (Å²) in [6.07, 6.45) is -0.623. The molecule has 0 fully saturated rings. The maximum absolute atomic E-state index is 13.5. The van der Waals surface area contributed by atoms with Crippen molar-refractivity contribution in [2.75, 3.05) is 13.6 Å². The molecule has 3 nitrogen and oxygen atoms in total. The van der Waals surface area contributed by atoms with Gasteiger partial charge in [-0.1, -0.05) is 6.07 Å². The predicted molar refractivity (Wildman–Crippen MR) is 59.8 cm³/mol. The quantitative estimate of drug-likeness (QED) is 0.848. The summed E-state index contributed by atoms with van der Waals surface area (Å²) in [5.41, 5.74) is 0.806. The number of amides is 1. The zero-order valence-electron chi connectivity index (χ0n) is 9.70. The first-order valence-corrected chi connectivity index (χ1v) is 5.11. The number of likely N-dealkylation sites (N-methyl/N-ethyl adjacent to an activating group) is 1. The van der Waals surface area contributed by atoms with Gasteiger partial charge in [-0.3, -0.25) is 4.79 Å². The van der Waals surface area contributed by atoms with Gasteiger partial charge in [0.25, 0.3) is 5.91 Å². The molecule has 1 atom stereocenters. The van der Waals surface area contributed by atoms with Gasteiger partial charge in [0.05, 0.1) is 11.7 Å². The van der Waals surface area contributed by atoms with E-state index in [4.69, 9.17) is 5.11 Å². The Kier molecular flexibility index (Phi) is 4.01. The van der Waals surface area contributed by atoms with Gasteiger partial charge in [-0.05, 0) is 31.5 Å². The molecule has 1 aromatic rings. The number of hydrogen-bond acceptors (Lipinski definition) is 2. The Morgan fingerprint density at radius 1 is 1.56 bits per heavy atom. The van der Waals surface area contributed by atoms with Crippen molar-refractivity contribution < 1.29 is 14.3 Å². The van der Waals surface area contributed by atoms with E-state index in [1.165, 1.54) is 24.1 Å². The van der Waals surface area contributed by atoms with E-state index < -0.39 is 17.8 Å². The highest BCUT2D eigenvalue weighted by Crippen LogP contribution is 2.12. The summed E-state index contributed by atoms with van der Waals surface area (Å²) in [5.74, 6) is -0.944. The van der Waals surface area contributed by atoms with Crippen LogP contribution < -0.4 is 0 Å². The molecule has 0 heterocycles. The smallest absolute Gasteiger partial charge is 0.256 e. The van der Waals surface area contributed by atoms with E-state index in [1.54, 1.807) is 19.9 Å². The fourth-order valence-electron chi connectivity index (χ4n) is 1.48. The molecule has 1 amide bonds. The molecule has 0 spiro atoms. The lowest BCUT2D eigenvalue weighted by atomic mass is 10.1. The Morgan fingerprint density at radius 3 is 2.69 bits per heavy atom. The number of hydrogen-bond donors (Lipinski definition) is 1. The first kappa shape index (κ1) is 12.6. The molecule has 4 heteroatoms. The number of halogens is 1. The van der Waals surface area contributed by atoms with Crippen LogP contribution >= 0.6 is 0 Å². The largest absolute Gasteiger partial charge is 0.392 e. The van der Waals surface area contributed by atoms with Crippen LogP contribution in [0.4, 0.5) is 4.39 Å². The number of nitrogens with zero attached hydrogens (tertiary/aromatic N) is 1. The fourth-order valence-corrected chi connectivity index (χ4v) is 1.48. The van der Waals surface area contributed by atoms with Crippen molar-refractivity contribution in [3.05, 3.63) is 35.1 Å². The first-order chi connectivity index (χ1) is 7.41. The van der Waals surface area contributed by atoms with E-state index >= 15 is 0 Å². The number of aryl methyl sites for hydroxylation is 1. The van der Waals surface area contributed by atoms with E-state index in [9.17, 15) is 9.18 Å². The second kappa shape index (κ2) is 5.07. The summed E-state index contributed by atoms with van der Waals surface area (Å²) in [7, 11) is 1.54. The molecule has 88 valence electrons. The molecule has 1 N–H and O–H groups in total. The molecule has 0 aliphatic rings. The molecule has 0 aliphatic heterocycles. The van der Waals surface area contributed by atoms with Crippen molar-refractivity contribution in [1.29, 1.82) is 0 Å². The zero-order valence-corrected chi connectivity index (χ0v) is 9.70. The Labute approximate surface area is 94.5 Å². The standard InChI is InChI=1S/C12H16FNO2/c1-8-4-5-10(11(13)6-8)12(16)14(3)7-9(2)15/h4-6,9,15H,7H2,1-3H3. The highest BCUT2D eigenvalue weighted by Gasteiger charge is 2.16. The molecule has 16 heavy (non-hydrogen) atoms. The van der Waals surface area contributed by atoms with Crippen LogP contribution in [0.5, 0.6) is 0 Å². The lowest BCUT2D eigenvalue weighted by molar-refractivity contribution is 0.0699. The van der Waals surface area contributed by atoms with Crippen LogP contribution in [-0.2, 0) is 0 Å². The summed E-state index contributed by atoms with van der Waals surface area (Å²) < 4.78 is 13.5. The van der Waals surface area contributed by atoms with Crippen LogP contribution in [-0.4, -0.2) is 35.6 Å². The van der Waals surface area contributed by atoms with Crippen LogP contribution in [0.15, 0.2) is 18.2 Å². The van der Waals surface area contributed by atoms with Crippen LogP contribution in [0.2, 0.25) is 0 Å². The van der Waals surface area contributed by atoms with E-state index in [0.717, 1.165) is 5.56 Å². The second-order valence-electron chi connectivity index (χ2n) is 4.02. The van der Waals surface area contributed by atoms with Gasteiger partial charge in [0.1, 0.15) is 5.82 Å². The van der Waals surface area contributed by atoms with E-state index in [1.807, 2.05) is 0 Å². The minimum atomic E-state index is -0.623. The maximum atomic E-state index is 13.5. The van der Waals surface area contributed by atoms with Crippen molar-refractivity contribution >= 4 is 5.91 Å². The van der Waals surface area contributed by atoms with Crippen LogP contribution in [0.25, 0.3) is 0 Å². The normalized spacial score (nSPS) is 12.3. The van der Waals surface area contributed by atoms with Gasteiger partial charge in [0.15, 0.2) is 0 Å². The van der Waals surface area contributed by atoms with Crippen LogP contribution in [0.1, 0.15) is 22.8 Å². The Morgan fingerprint density at radius 2 is 2.19 bits per heavy atom. The van der Waals surface area contributed by atoms with Crippen molar-refractivity contribution in [1.82, 2.24) is 4.90 Å². The average Bonchev–Trinajstić information content (AvgIpc) is 2.15. The van der Waals surface area contributed by atoms with Crippen LogP contribution in [0, 0.1) is 12.7 Å². The third-order valence-corrected chi connectivity index (χ3v) is 2.24. The van der Waals surface area contributed by atoms with E-state index in [2.05, 4.69) is 0 Å². The second-order valence-corrected chi connectivity index (χ2v) is 4.02. The highest BCUT2D eigenvalue weighted by molar-refractivity contribution is 5.94. The SMILES string of the molecule is Cc1ccc(C(=O)N(C)CC(C)O)c(F)c1. The molecule has 0 bridgehead atoms. The summed E-state index contributed by atoms with van der Waals surface area (Å²) in [5, 5.41) is 9.14. The van der Waals surface area contributed by atoms with Gasteiger partial charge in [-0.15, -0.1) is 0 Å². The summed E-state index contributed by atoms with van der Waals surface area (Å²) in [6, 6.07) is 4.47. The van der Waals surface area contributed by atoms with Crippen molar-refractivity contribution in [2.45, 2.75) is 20.0 Å². The molecule has 0 aliphatic carbocycles. The van der Waals surface area contributed by atoms with Crippen molar-refractivity contribution in [3.63, 3.8) is 0 Å². The monoisotopic (exact) mass is 225 g/mol. The fraction of sp³-hybridized carbons (Fsp3) is 0.417. The van der Waals surface area contributed by atoms with Crippen molar-refractivity contribution in [2.24, 2.45) is 0 Å². The Hall–Kier alpha value is -1.42. The molecular weight excluding hydrogens is 209 g/mol. The van der Waals surface area contributed by atoms with Gasteiger partial charge >= 0.3 is 0 Å². The number of aliphatic hydroxyl groups is 1. The number of aliphatic hydroxyl groups excluding tert-OH is 1. The third-order valence-electron chi connectivity index (χ3n) is 2.24. The number of benzene rings is 1. The minimum absolute atomic E-state index is 0.0359. The number of carbonyl (C=O) groups is 1. The summed E-state index contributed by atoms with van der Waals surface area (Å²) in [6.45, 7) is 3.53. The predicted octanol–water partition coefficient (Wildman–Crippen LogP) is 1.59. The van der Waals surface area contributed by atoms with Crippen LogP contribution in [0.3, 0.4) is 0 Å². The average molecular weight is 225 g/mol. The maximum Gasteiger partial charge on any atom is 0.256 e. The third kappa shape index (κ3) is 3.03. The zero-order chi connectivity index (χ0) is 12.3. The first-order valence-electron chi connectivity index (χ1n) is 5.11. The molecule has 0 aromatic heterocycles. The van der Waals surface area contributed by atoms with Gasteiger partial charge < -0.3 is 10.0 Å². The lowest BCUT2D eigenvalue weighted by Crippen LogP contribution is -2.33. The van der Waals surface area contributed by atoms with Gasteiger partial charge in [-0.25, -0.2) is 4.39 Å². The molecule has 0 radical (unpaired) electrons. The summed E-state index contributed by atoms with van der Waals surface area (Å²) in [4.78, 5) is 13.1. The molecule has 1 rings (SSSR count). The Balaban J connectivity index is 2.88. The lowest BCUT2D eigenvalue weighted by Gasteiger charge is -2.19.